The standard InChI is InChI=1S/C57H96O20.C9H12/c1-5-16-73-48-54(50-76-55(49-74-17-6-2)51-77-57-15-11-10-14-56(57)52(3)53-12-8-7-9-13-53)75-47-46-72-45-44-71-43-42-70-41-40-69-39-38-68-37-36-67-35-34-66-33-32-65-31-30-64-29-28-63-27-26-62-25-24-61-23-22-60-21-20-59-19-18-58-4;1-8(2)9-6-4-3-5-7-9/h5-15,52,54-55H,1-2,16-51H2,3-4H3;3-8H,1-2H3. The van der Waals surface area contributed by atoms with Gasteiger partial charge in [0, 0.05) is 18.6 Å². The molecule has 0 aliphatic carbocycles. The minimum Gasteiger partial charge on any atom is -0.490 e. The Balaban J connectivity index is 0.00000255. The molecule has 0 aliphatic rings. The molecule has 0 saturated heterocycles. The quantitative estimate of drug-likeness (QED) is 0.0390. The first-order chi connectivity index (χ1) is 42.5. The van der Waals surface area contributed by atoms with Crippen LogP contribution in [0.2, 0.25) is 0 Å². The molecule has 86 heavy (non-hydrogen) atoms. The third-order valence-corrected chi connectivity index (χ3v) is 12.0. The first kappa shape index (κ1) is 78.3. The number of rotatable bonds is 63. The Morgan fingerprint density at radius 1 is 0.314 bits per heavy atom. The lowest BCUT2D eigenvalue weighted by Gasteiger charge is -2.24. The second kappa shape index (κ2) is 61.4. The SMILES string of the molecule is C=CCOCC(COc1ccccc1C(C)c1ccccc1)OCC(COCC=C)OCCOCCOCCOCCOCCOCCOCCOCCOCCOCCOCCOCCOCCOCCOCCOC.CC(C)c1ccccc1. The molecule has 0 N–H and O–H groups in total. The largest absolute Gasteiger partial charge is 0.490 e. The molecule has 0 saturated carbocycles. The molecular formula is C66H108O20. The van der Waals surface area contributed by atoms with Crippen molar-refractivity contribution >= 4 is 0 Å². The molecule has 0 radical (unpaired) electrons. The van der Waals surface area contributed by atoms with Crippen molar-refractivity contribution in [2.45, 2.75) is 44.8 Å². The molecule has 0 spiro atoms. The average Bonchev–Trinajstić information content (AvgIpc) is 2.83. The third-order valence-electron chi connectivity index (χ3n) is 12.0. The van der Waals surface area contributed by atoms with Gasteiger partial charge in [0.05, 0.1) is 231 Å². The van der Waals surface area contributed by atoms with Crippen molar-refractivity contribution in [3.8, 4) is 5.75 Å². The summed E-state index contributed by atoms with van der Waals surface area (Å²) in [6, 6.07) is 29.0. The Morgan fingerprint density at radius 2 is 0.616 bits per heavy atom. The monoisotopic (exact) mass is 1220 g/mol. The van der Waals surface area contributed by atoms with Crippen molar-refractivity contribution in [2.75, 3.05) is 245 Å². The van der Waals surface area contributed by atoms with E-state index >= 15 is 0 Å². The van der Waals surface area contributed by atoms with E-state index in [2.05, 4.69) is 88.5 Å². The molecule has 3 rings (SSSR count). The number of methoxy groups -OCH3 is 1. The Labute approximate surface area is 515 Å². The number of benzene rings is 3. The predicted octanol–water partition coefficient (Wildman–Crippen LogP) is 8.08. The topological polar surface area (TPSA) is 185 Å². The minimum atomic E-state index is -0.354. The van der Waals surface area contributed by atoms with Crippen LogP contribution in [0.15, 0.2) is 110 Å². The molecule has 0 bridgehead atoms. The van der Waals surface area contributed by atoms with Gasteiger partial charge >= 0.3 is 0 Å². The van der Waals surface area contributed by atoms with Gasteiger partial charge in [-0.1, -0.05) is 112 Å². The second-order valence-electron chi connectivity index (χ2n) is 19.2. The summed E-state index contributed by atoms with van der Waals surface area (Å²) in [5, 5.41) is 0. The van der Waals surface area contributed by atoms with Gasteiger partial charge in [0.2, 0.25) is 0 Å². The minimum absolute atomic E-state index is 0.158. The highest BCUT2D eigenvalue weighted by atomic mass is 16.6. The molecule has 3 atom stereocenters. The summed E-state index contributed by atoms with van der Waals surface area (Å²) in [6.45, 7) is 30.8. The molecule has 0 amide bonds. The van der Waals surface area contributed by atoms with Gasteiger partial charge in [0.25, 0.3) is 0 Å². The van der Waals surface area contributed by atoms with E-state index < -0.39 is 0 Å². The summed E-state index contributed by atoms with van der Waals surface area (Å²) < 4.78 is 113. The zero-order valence-electron chi connectivity index (χ0n) is 52.6. The number of ether oxygens (including phenoxy) is 20. The van der Waals surface area contributed by atoms with Gasteiger partial charge in [-0.2, -0.15) is 0 Å². The van der Waals surface area contributed by atoms with E-state index in [-0.39, 0.29) is 24.7 Å². The zero-order valence-corrected chi connectivity index (χ0v) is 52.6. The molecule has 0 aromatic heterocycles. The number of hydrogen-bond acceptors (Lipinski definition) is 20. The normalized spacial score (nSPS) is 12.5. The Kier molecular flexibility index (Phi) is 55.9. The average molecular weight is 1220 g/mol. The van der Waals surface area contributed by atoms with E-state index in [4.69, 9.17) is 94.7 Å². The lowest BCUT2D eigenvalue weighted by atomic mass is 9.92. The molecule has 492 valence electrons. The first-order valence-electron chi connectivity index (χ1n) is 30.5. The predicted molar refractivity (Wildman–Crippen MR) is 331 cm³/mol. The van der Waals surface area contributed by atoms with Gasteiger partial charge < -0.3 is 94.7 Å². The van der Waals surface area contributed by atoms with E-state index in [1.54, 1.807) is 19.3 Å². The molecule has 3 unspecified atom stereocenters. The molecule has 0 aliphatic heterocycles. The van der Waals surface area contributed by atoms with E-state index in [9.17, 15) is 0 Å². The summed E-state index contributed by atoms with van der Waals surface area (Å²) in [5.41, 5.74) is 3.73. The molecule has 3 aromatic rings. The van der Waals surface area contributed by atoms with Crippen LogP contribution in [0.5, 0.6) is 5.75 Å². The summed E-state index contributed by atoms with van der Waals surface area (Å²) in [5.74, 6) is 1.63. The maximum absolute atomic E-state index is 6.36. The van der Waals surface area contributed by atoms with Crippen LogP contribution in [-0.4, -0.2) is 257 Å². The van der Waals surface area contributed by atoms with Crippen LogP contribution in [0.3, 0.4) is 0 Å². The van der Waals surface area contributed by atoms with Gasteiger partial charge in [-0.3, -0.25) is 0 Å². The fraction of sp³-hybridized carbons (Fsp3) is 0.667. The highest BCUT2D eigenvalue weighted by Gasteiger charge is 2.19. The third kappa shape index (κ3) is 48.1. The van der Waals surface area contributed by atoms with Gasteiger partial charge in [-0.05, 0) is 23.1 Å². The van der Waals surface area contributed by atoms with Crippen LogP contribution < -0.4 is 4.74 Å². The fourth-order valence-electron chi connectivity index (χ4n) is 7.39. The van der Waals surface area contributed by atoms with Gasteiger partial charge in [0.1, 0.15) is 24.6 Å². The summed E-state index contributed by atoms with van der Waals surface area (Å²) in [6.07, 6.45) is 2.72. The Bertz CT molecular complexity index is 1870. The van der Waals surface area contributed by atoms with E-state index in [1.165, 1.54) is 11.1 Å². The molecule has 0 fully saturated rings. The van der Waals surface area contributed by atoms with Crippen LogP contribution >= 0.6 is 0 Å². The highest BCUT2D eigenvalue weighted by molar-refractivity contribution is 5.41. The lowest BCUT2D eigenvalue weighted by molar-refractivity contribution is -0.104. The molecule has 0 heterocycles. The Hall–Kier alpha value is -3.82. The first-order valence-corrected chi connectivity index (χ1v) is 30.5. The fourth-order valence-corrected chi connectivity index (χ4v) is 7.39. The van der Waals surface area contributed by atoms with E-state index in [0.29, 0.717) is 237 Å². The Morgan fingerprint density at radius 3 is 0.942 bits per heavy atom. The van der Waals surface area contributed by atoms with Gasteiger partial charge in [-0.25, -0.2) is 0 Å². The number of hydrogen-bond donors (Lipinski definition) is 0. The smallest absolute Gasteiger partial charge is 0.123 e. The summed E-state index contributed by atoms with van der Waals surface area (Å²) in [7, 11) is 1.64. The molecule has 3 aromatic carbocycles. The van der Waals surface area contributed by atoms with Gasteiger partial charge in [-0.15, -0.1) is 13.2 Å². The van der Waals surface area contributed by atoms with Crippen molar-refractivity contribution in [1.29, 1.82) is 0 Å². The summed E-state index contributed by atoms with van der Waals surface area (Å²) in [4.78, 5) is 0. The molecular weight excluding hydrogens is 1110 g/mol. The lowest BCUT2D eigenvalue weighted by Crippen LogP contribution is -2.34. The maximum atomic E-state index is 6.36. The van der Waals surface area contributed by atoms with Crippen molar-refractivity contribution in [1.82, 2.24) is 0 Å². The zero-order chi connectivity index (χ0) is 61.5. The summed E-state index contributed by atoms with van der Waals surface area (Å²) >= 11 is 0. The van der Waals surface area contributed by atoms with Gasteiger partial charge in [0.15, 0.2) is 0 Å². The van der Waals surface area contributed by atoms with Crippen LogP contribution in [0.1, 0.15) is 49.3 Å². The van der Waals surface area contributed by atoms with Crippen molar-refractivity contribution in [2.24, 2.45) is 0 Å². The maximum Gasteiger partial charge on any atom is 0.123 e. The van der Waals surface area contributed by atoms with Crippen molar-refractivity contribution < 1.29 is 94.7 Å². The van der Waals surface area contributed by atoms with E-state index in [1.807, 2.05) is 30.3 Å². The van der Waals surface area contributed by atoms with Crippen LogP contribution in [0.25, 0.3) is 0 Å². The van der Waals surface area contributed by atoms with Crippen LogP contribution in [0.4, 0.5) is 0 Å². The molecule has 20 nitrogen and oxygen atoms in total. The molecule has 20 heteroatoms. The second-order valence-corrected chi connectivity index (χ2v) is 19.2. The van der Waals surface area contributed by atoms with E-state index in [0.717, 1.165) is 11.3 Å². The van der Waals surface area contributed by atoms with Crippen molar-refractivity contribution in [3.05, 3.63) is 127 Å². The highest BCUT2D eigenvalue weighted by Crippen LogP contribution is 2.31. The van der Waals surface area contributed by atoms with Crippen LogP contribution in [-0.2, 0) is 90.0 Å². The number of para-hydroxylation sites is 1. The van der Waals surface area contributed by atoms with Crippen LogP contribution in [0, 0.1) is 0 Å². The van der Waals surface area contributed by atoms with Crippen molar-refractivity contribution in [3.63, 3.8) is 0 Å².